The molecule has 1 N–H and O–H groups in total. The van der Waals surface area contributed by atoms with Crippen molar-refractivity contribution in [3.05, 3.63) is 97.3 Å². The van der Waals surface area contributed by atoms with Crippen LogP contribution in [0.4, 0.5) is 5.69 Å². The minimum atomic E-state index is -0.463. The number of carbonyl (C=O) groups is 1. The average Bonchev–Trinajstić information content (AvgIpc) is 3.34. The number of hydrogen-bond donors (Lipinski definition) is 1. The maximum absolute atomic E-state index is 13.0. The number of nitrogens with zero attached hydrogens (tertiary/aromatic N) is 2. The number of benzene rings is 2. The first kappa shape index (κ1) is 21.7. The topological polar surface area (TPSA) is 115 Å². The number of ether oxygens (including phenoxy) is 1. The summed E-state index contributed by atoms with van der Waals surface area (Å²) in [6.45, 7) is 0. The van der Waals surface area contributed by atoms with Crippen molar-refractivity contribution in [2.75, 3.05) is 7.11 Å². The number of carbonyl (C=O) groups excluding carboxylic acids is 1. The molecule has 0 fully saturated rings. The maximum atomic E-state index is 13.0. The Labute approximate surface area is 198 Å². The fourth-order valence-corrected chi connectivity index (χ4v) is 5.05. The second-order valence-electron chi connectivity index (χ2n) is 8.05. The van der Waals surface area contributed by atoms with Gasteiger partial charge in [-0.15, -0.1) is 11.3 Å². The van der Waals surface area contributed by atoms with Crippen molar-refractivity contribution in [2.24, 2.45) is 0 Å². The fourth-order valence-electron chi connectivity index (χ4n) is 4.21. The number of Topliss-reactive ketones (excluding diaryl/α,β-unsaturated/α-hetero) is 1. The predicted octanol–water partition coefficient (Wildman–Crippen LogP) is 4.99. The van der Waals surface area contributed by atoms with Gasteiger partial charge in [-0.1, -0.05) is 24.3 Å². The molecule has 170 valence electrons. The summed E-state index contributed by atoms with van der Waals surface area (Å²) in [7, 11) is 1.60. The summed E-state index contributed by atoms with van der Waals surface area (Å²) >= 11 is 1.25. The predicted molar refractivity (Wildman–Crippen MR) is 129 cm³/mol. The number of ketones is 1. The first-order valence-electron chi connectivity index (χ1n) is 10.6. The number of nitro groups is 1. The van der Waals surface area contributed by atoms with Crippen LogP contribution in [-0.2, 0) is 6.42 Å². The van der Waals surface area contributed by atoms with Crippen molar-refractivity contribution in [1.82, 2.24) is 9.97 Å². The Morgan fingerprint density at radius 2 is 1.88 bits per heavy atom. The number of H-pyrrole nitrogens is 1. The number of aromatic amines is 1. The lowest BCUT2D eigenvalue weighted by Crippen LogP contribution is -2.24. The average molecular weight is 474 g/mol. The number of methoxy groups -OCH3 is 1. The molecule has 34 heavy (non-hydrogen) atoms. The molecule has 0 unspecified atom stereocenters. The van der Waals surface area contributed by atoms with Gasteiger partial charge in [-0.3, -0.25) is 19.7 Å². The third-order valence-corrected chi connectivity index (χ3v) is 6.86. The zero-order valence-electron chi connectivity index (χ0n) is 18.1. The van der Waals surface area contributed by atoms with E-state index in [9.17, 15) is 19.7 Å². The van der Waals surface area contributed by atoms with Gasteiger partial charge in [-0.2, -0.15) is 0 Å². The van der Waals surface area contributed by atoms with Gasteiger partial charge in [0.1, 0.15) is 10.8 Å². The summed E-state index contributed by atoms with van der Waals surface area (Å²) in [5.74, 6) is 0.694. The molecule has 2 heterocycles. The summed E-state index contributed by atoms with van der Waals surface area (Å²) in [6.07, 6.45) is 0.904. The molecule has 2 aromatic heterocycles. The molecule has 1 atom stereocenters. The summed E-state index contributed by atoms with van der Waals surface area (Å²) in [6, 6.07) is 15.4. The van der Waals surface area contributed by atoms with Crippen LogP contribution in [0.5, 0.6) is 5.75 Å². The summed E-state index contributed by atoms with van der Waals surface area (Å²) in [5.41, 5.74) is 3.24. The van der Waals surface area contributed by atoms with Crippen LogP contribution in [0.3, 0.4) is 0 Å². The largest absolute Gasteiger partial charge is 0.497 e. The lowest BCUT2D eigenvalue weighted by Gasteiger charge is -2.24. The summed E-state index contributed by atoms with van der Waals surface area (Å²) < 4.78 is 5.20. The number of nitro benzene ring substituents is 1. The number of aromatic nitrogens is 2. The number of hydrogen-bond acceptors (Lipinski definition) is 7. The van der Waals surface area contributed by atoms with Gasteiger partial charge in [-0.25, -0.2) is 4.98 Å². The van der Waals surface area contributed by atoms with E-state index in [-0.39, 0.29) is 22.9 Å². The van der Waals surface area contributed by atoms with Gasteiger partial charge < -0.3 is 9.72 Å². The Balaban J connectivity index is 1.46. The van der Waals surface area contributed by atoms with E-state index in [0.29, 0.717) is 45.9 Å². The van der Waals surface area contributed by atoms with E-state index >= 15 is 0 Å². The van der Waals surface area contributed by atoms with Gasteiger partial charge >= 0.3 is 0 Å². The van der Waals surface area contributed by atoms with Crippen LogP contribution < -0.4 is 10.3 Å². The molecule has 8 nitrogen and oxygen atoms in total. The van der Waals surface area contributed by atoms with Crippen LogP contribution in [0.1, 0.15) is 34.0 Å². The molecule has 0 bridgehead atoms. The second-order valence-corrected chi connectivity index (χ2v) is 8.91. The molecule has 1 aliphatic carbocycles. The zero-order valence-corrected chi connectivity index (χ0v) is 18.9. The quantitative estimate of drug-likeness (QED) is 0.322. The maximum Gasteiger partial charge on any atom is 0.270 e. The van der Waals surface area contributed by atoms with E-state index < -0.39 is 4.92 Å². The highest BCUT2D eigenvalue weighted by atomic mass is 32.1. The molecular formula is C25H19N3O5S. The third-order valence-electron chi connectivity index (χ3n) is 5.98. The zero-order chi connectivity index (χ0) is 23.8. The minimum Gasteiger partial charge on any atom is -0.497 e. The SMILES string of the molecule is COc1ccc([C@H]2CC(=O)c3cc(-c4nc(-c5cccc([N+](=O)[O-])c5)cs4)c(=O)[nH]c3C2)cc1. The lowest BCUT2D eigenvalue weighted by atomic mass is 9.81. The summed E-state index contributed by atoms with van der Waals surface area (Å²) in [4.78, 5) is 43.9. The Bertz CT molecular complexity index is 1470. The van der Waals surface area contributed by atoms with Crippen molar-refractivity contribution in [3.63, 3.8) is 0 Å². The number of thiazole rings is 1. The van der Waals surface area contributed by atoms with Crippen LogP contribution in [0.15, 0.2) is 64.8 Å². The summed E-state index contributed by atoms with van der Waals surface area (Å²) in [5, 5.41) is 13.3. The van der Waals surface area contributed by atoms with Gasteiger partial charge in [0, 0.05) is 40.8 Å². The molecule has 0 radical (unpaired) electrons. The highest BCUT2D eigenvalue weighted by Crippen LogP contribution is 2.34. The normalized spacial score (nSPS) is 15.1. The Kier molecular flexibility index (Phi) is 5.54. The van der Waals surface area contributed by atoms with Gasteiger partial charge in [-0.05, 0) is 36.1 Å². The first-order chi connectivity index (χ1) is 16.4. The number of pyridine rings is 1. The molecule has 0 saturated heterocycles. The molecule has 0 spiro atoms. The first-order valence-corrected chi connectivity index (χ1v) is 11.4. The van der Waals surface area contributed by atoms with E-state index in [1.165, 1.54) is 23.5 Å². The number of nitrogens with one attached hydrogen (secondary N) is 1. The molecule has 0 amide bonds. The van der Waals surface area contributed by atoms with Crippen molar-refractivity contribution >= 4 is 22.8 Å². The smallest absolute Gasteiger partial charge is 0.270 e. The highest BCUT2D eigenvalue weighted by Gasteiger charge is 2.28. The van der Waals surface area contributed by atoms with E-state index in [1.54, 1.807) is 30.7 Å². The molecule has 0 aliphatic heterocycles. The van der Waals surface area contributed by atoms with E-state index in [1.807, 2.05) is 24.3 Å². The number of rotatable bonds is 5. The molecular weight excluding hydrogens is 454 g/mol. The number of fused-ring (bicyclic) bond motifs is 1. The van der Waals surface area contributed by atoms with Crippen molar-refractivity contribution in [2.45, 2.75) is 18.8 Å². The molecule has 5 rings (SSSR count). The molecule has 1 aliphatic rings. The van der Waals surface area contributed by atoms with Gasteiger partial charge in [0.25, 0.3) is 11.2 Å². The number of non-ortho nitro benzene ring substituents is 1. The molecule has 4 aromatic rings. The lowest BCUT2D eigenvalue weighted by molar-refractivity contribution is -0.384. The van der Waals surface area contributed by atoms with Crippen LogP contribution in [0, 0.1) is 10.1 Å². The monoisotopic (exact) mass is 473 g/mol. The van der Waals surface area contributed by atoms with E-state index in [0.717, 1.165) is 11.3 Å². The minimum absolute atomic E-state index is 0.0206. The van der Waals surface area contributed by atoms with Crippen molar-refractivity contribution < 1.29 is 14.5 Å². The second kappa shape index (κ2) is 8.68. The van der Waals surface area contributed by atoms with Crippen molar-refractivity contribution in [1.29, 1.82) is 0 Å². The van der Waals surface area contributed by atoms with Crippen LogP contribution in [-0.4, -0.2) is 27.8 Å². The molecule has 9 heteroatoms. The van der Waals surface area contributed by atoms with Gasteiger partial charge in [0.05, 0.1) is 23.3 Å². The third kappa shape index (κ3) is 4.01. The molecule has 2 aromatic carbocycles. The highest BCUT2D eigenvalue weighted by molar-refractivity contribution is 7.13. The van der Waals surface area contributed by atoms with Crippen LogP contribution >= 0.6 is 11.3 Å². The van der Waals surface area contributed by atoms with Gasteiger partial charge in [0.2, 0.25) is 0 Å². The molecule has 0 saturated carbocycles. The van der Waals surface area contributed by atoms with Crippen molar-refractivity contribution in [3.8, 4) is 27.6 Å². The standard InChI is InChI=1S/C25H19N3O5S/c1-33-18-7-5-14(6-8-18)16-10-21-19(23(29)11-16)12-20(24(30)26-21)25-27-22(13-34-25)15-3-2-4-17(9-15)28(31)32/h2-9,12-13,16H,10-11H2,1H3,(H,26,30)/t16-/m1/s1. The Hall–Kier alpha value is -4.11. The Morgan fingerprint density at radius 3 is 2.62 bits per heavy atom. The Morgan fingerprint density at radius 1 is 1.09 bits per heavy atom. The fraction of sp³-hybridized carbons (Fsp3) is 0.160. The van der Waals surface area contributed by atoms with E-state index in [4.69, 9.17) is 4.74 Å². The van der Waals surface area contributed by atoms with Gasteiger partial charge in [0.15, 0.2) is 5.78 Å². The van der Waals surface area contributed by atoms with Crippen LogP contribution in [0.25, 0.3) is 21.8 Å². The van der Waals surface area contributed by atoms with Crippen LogP contribution in [0.2, 0.25) is 0 Å². The van der Waals surface area contributed by atoms with E-state index in [2.05, 4.69) is 9.97 Å².